The SMILES string of the molecule is Cc1ccccc1C(O)Cc1cc(Cl)ccc1Cl. The van der Waals surface area contributed by atoms with E-state index in [1.54, 1.807) is 18.2 Å². The molecule has 1 atom stereocenters. The predicted octanol–water partition coefficient (Wildman–Crippen LogP) is 4.58. The Morgan fingerprint density at radius 1 is 1.11 bits per heavy atom. The molecule has 1 N–H and O–H groups in total. The van der Waals surface area contributed by atoms with E-state index in [4.69, 9.17) is 23.2 Å². The zero-order valence-corrected chi connectivity index (χ0v) is 11.5. The van der Waals surface area contributed by atoms with Crippen LogP contribution in [0.5, 0.6) is 0 Å². The normalized spacial score (nSPS) is 12.4. The molecule has 0 heterocycles. The van der Waals surface area contributed by atoms with Crippen LogP contribution in [0.15, 0.2) is 42.5 Å². The van der Waals surface area contributed by atoms with Crippen LogP contribution in [0.25, 0.3) is 0 Å². The van der Waals surface area contributed by atoms with E-state index < -0.39 is 6.10 Å². The molecule has 2 aromatic rings. The summed E-state index contributed by atoms with van der Waals surface area (Å²) in [5.41, 5.74) is 2.86. The molecular weight excluding hydrogens is 267 g/mol. The summed E-state index contributed by atoms with van der Waals surface area (Å²) in [5, 5.41) is 11.5. The second-order valence-electron chi connectivity index (χ2n) is 4.31. The van der Waals surface area contributed by atoms with Gasteiger partial charge in [0.05, 0.1) is 6.10 Å². The van der Waals surface area contributed by atoms with E-state index >= 15 is 0 Å². The van der Waals surface area contributed by atoms with Crippen molar-refractivity contribution in [2.75, 3.05) is 0 Å². The number of aryl methyl sites for hydroxylation is 1. The highest BCUT2D eigenvalue weighted by Gasteiger charge is 2.13. The Morgan fingerprint density at radius 2 is 1.83 bits per heavy atom. The minimum atomic E-state index is -0.567. The van der Waals surface area contributed by atoms with E-state index in [9.17, 15) is 5.11 Å². The number of benzene rings is 2. The molecule has 0 saturated carbocycles. The Morgan fingerprint density at radius 3 is 2.56 bits per heavy atom. The van der Waals surface area contributed by atoms with Gasteiger partial charge in [0.2, 0.25) is 0 Å². The van der Waals surface area contributed by atoms with Crippen LogP contribution in [0.4, 0.5) is 0 Å². The van der Waals surface area contributed by atoms with Crippen LogP contribution in [-0.2, 0) is 6.42 Å². The lowest BCUT2D eigenvalue weighted by atomic mass is 9.98. The largest absolute Gasteiger partial charge is 0.388 e. The maximum Gasteiger partial charge on any atom is 0.0833 e. The molecule has 0 bridgehead atoms. The van der Waals surface area contributed by atoms with Gasteiger partial charge in [-0.25, -0.2) is 0 Å². The Hall–Kier alpha value is -1.02. The van der Waals surface area contributed by atoms with E-state index in [0.29, 0.717) is 16.5 Å². The van der Waals surface area contributed by atoms with Gasteiger partial charge >= 0.3 is 0 Å². The molecule has 0 aliphatic rings. The van der Waals surface area contributed by atoms with Gasteiger partial charge in [-0.2, -0.15) is 0 Å². The standard InChI is InChI=1S/C15H14Cl2O/c1-10-4-2-3-5-13(10)15(18)9-11-8-12(16)6-7-14(11)17/h2-8,15,18H,9H2,1H3. The summed E-state index contributed by atoms with van der Waals surface area (Å²) in [7, 11) is 0. The predicted molar refractivity (Wildman–Crippen MR) is 76.3 cm³/mol. The van der Waals surface area contributed by atoms with Crippen LogP contribution in [-0.4, -0.2) is 5.11 Å². The van der Waals surface area contributed by atoms with Gasteiger partial charge in [0.25, 0.3) is 0 Å². The monoisotopic (exact) mass is 280 g/mol. The van der Waals surface area contributed by atoms with Crippen molar-refractivity contribution in [3.05, 3.63) is 69.2 Å². The summed E-state index contributed by atoms with van der Waals surface area (Å²) in [4.78, 5) is 0. The van der Waals surface area contributed by atoms with E-state index in [2.05, 4.69) is 0 Å². The first-order valence-corrected chi connectivity index (χ1v) is 6.51. The molecule has 2 aromatic carbocycles. The van der Waals surface area contributed by atoms with Crippen molar-refractivity contribution in [1.82, 2.24) is 0 Å². The fourth-order valence-corrected chi connectivity index (χ4v) is 2.37. The third-order valence-corrected chi connectivity index (χ3v) is 3.57. The first kappa shape index (κ1) is 13.4. The van der Waals surface area contributed by atoms with E-state index in [-0.39, 0.29) is 0 Å². The average molecular weight is 281 g/mol. The van der Waals surface area contributed by atoms with Gasteiger partial charge in [-0.1, -0.05) is 47.5 Å². The van der Waals surface area contributed by atoms with Gasteiger partial charge in [-0.05, 0) is 41.8 Å². The topological polar surface area (TPSA) is 20.2 Å². The molecule has 0 aliphatic carbocycles. The number of aliphatic hydroxyl groups excluding tert-OH is 1. The van der Waals surface area contributed by atoms with Crippen LogP contribution in [0.2, 0.25) is 10.0 Å². The smallest absolute Gasteiger partial charge is 0.0833 e. The van der Waals surface area contributed by atoms with Crippen LogP contribution in [0.1, 0.15) is 22.8 Å². The first-order chi connectivity index (χ1) is 8.58. The van der Waals surface area contributed by atoms with Gasteiger partial charge in [0.15, 0.2) is 0 Å². The van der Waals surface area contributed by atoms with Crippen molar-refractivity contribution in [2.24, 2.45) is 0 Å². The maximum atomic E-state index is 10.3. The summed E-state index contributed by atoms with van der Waals surface area (Å²) in [5.74, 6) is 0. The second-order valence-corrected chi connectivity index (χ2v) is 5.16. The third-order valence-electron chi connectivity index (χ3n) is 2.97. The molecule has 0 amide bonds. The van der Waals surface area contributed by atoms with Crippen molar-refractivity contribution in [2.45, 2.75) is 19.4 Å². The highest BCUT2D eigenvalue weighted by Crippen LogP contribution is 2.27. The zero-order valence-electron chi connectivity index (χ0n) is 10.0. The molecule has 0 spiro atoms. The van der Waals surface area contributed by atoms with Gasteiger partial charge in [-0.3, -0.25) is 0 Å². The molecular formula is C15H14Cl2O. The molecule has 0 aliphatic heterocycles. The molecule has 94 valence electrons. The van der Waals surface area contributed by atoms with E-state index in [0.717, 1.165) is 16.7 Å². The summed E-state index contributed by atoms with van der Waals surface area (Å²) in [6.07, 6.45) is -0.105. The number of aliphatic hydroxyl groups is 1. The molecule has 2 rings (SSSR count). The highest BCUT2D eigenvalue weighted by atomic mass is 35.5. The first-order valence-electron chi connectivity index (χ1n) is 5.75. The molecule has 3 heteroatoms. The summed E-state index contributed by atoms with van der Waals surface area (Å²) < 4.78 is 0. The lowest BCUT2D eigenvalue weighted by molar-refractivity contribution is 0.178. The van der Waals surface area contributed by atoms with Gasteiger partial charge in [-0.15, -0.1) is 0 Å². The summed E-state index contributed by atoms with van der Waals surface area (Å²) in [6.45, 7) is 1.98. The van der Waals surface area contributed by atoms with Crippen molar-refractivity contribution in [3.8, 4) is 0 Å². The van der Waals surface area contributed by atoms with Crippen LogP contribution >= 0.6 is 23.2 Å². The molecule has 18 heavy (non-hydrogen) atoms. The molecule has 0 fully saturated rings. The van der Waals surface area contributed by atoms with Crippen LogP contribution < -0.4 is 0 Å². The fourth-order valence-electron chi connectivity index (χ4n) is 1.98. The van der Waals surface area contributed by atoms with E-state index in [1.165, 1.54) is 0 Å². The van der Waals surface area contributed by atoms with Crippen molar-refractivity contribution >= 4 is 23.2 Å². The summed E-state index contributed by atoms with van der Waals surface area (Å²) in [6, 6.07) is 13.1. The van der Waals surface area contributed by atoms with Crippen molar-refractivity contribution in [3.63, 3.8) is 0 Å². The molecule has 0 radical (unpaired) electrons. The molecule has 1 nitrogen and oxygen atoms in total. The minimum Gasteiger partial charge on any atom is -0.388 e. The number of rotatable bonds is 3. The molecule has 0 aromatic heterocycles. The number of halogens is 2. The Balaban J connectivity index is 2.24. The zero-order chi connectivity index (χ0) is 13.1. The van der Waals surface area contributed by atoms with Crippen LogP contribution in [0.3, 0.4) is 0 Å². The molecule has 1 unspecified atom stereocenters. The number of hydrogen-bond donors (Lipinski definition) is 1. The van der Waals surface area contributed by atoms with Gasteiger partial charge in [0.1, 0.15) is 0 Å². The van der Waals surface area contributed by atoms with Crippen molar-refractivity contribution in [1.29, 1.82) is 0 Å². The average Bonchev–Trinajstić information content (AvgIpc) is 2.34. The highest BCUT2D eigenvalue weighted by molar-refractivity contribution is 6.33. The summed E-state index contributed by atoms with van der Waals surface area (Å²) >= 11 is 12.0. The minimum absolute atomic E-state index is 0.463. The fraction of sp³-hybridized carbons (Fsp3) is 0.200. The maximum absolute atomic E-state index is 10.3. The van der Waals surface area contributed by atoms with Crippen LogP contribution in [0, 0.1) is 6.92 Å². The Bertz CT molecular complexity index is 552. The Labute approximate surface area is 117 Å². The van der Waals surface area contributed by atoms with E-state index in [1.807, 2.05) is 31.2 Å². The lowest BCUT2D eigenvalue weighted by Gasteiger charge is -2.14. The van der Waals surface area contributed by atoms with Gasteiger partial charge < -0.3 is 5.11 Å². The third kappa shape index (κ3) is 3.05. The Kier molecular flexibility index (Phi) is 4.28. The molecule has 0 saturated heterocycles. The second kappa shape index (κ2) is 5.75. The quantitative estimate of drug-likeness (QED) is 0.873. The lowest BCUT2D eigenvalue weighted by Crippen LogP contribution is -2.04. The number of hydrogen-bond acceptors (Lipinski definition) is 1. The van der Waals surface area contributed by atoms with Gasteiger partial charge in [0, 0.05) is 16.5 Å². The van der Waals surface area contributed by atoms with Crippen molar-refractivity contribution < 1.29 is 5.11 Å².